The van der Waals surface area contributed by atoms with Crippen LogP contribution in [0, 0.1) is 13.8 Å². The third kappa shape index (κ3) is 6.09. The topological polar surface area (TPSA) is 67.1 Å². The lowest BCUT2D eigenvalue weighted by molar-refractivity contribution is 0.707. The van der Waals surface area contributed by atoms with Crippen molar-refractivity contribution in [3.63, 3.8) is 0 Å². The average Bonchev–Trinajstić information content (AvgIpc) is 3.02. The molecule has 0 radical (unpaired) electrons. The van der Waals surface area contributed by atoms with Crippen LogP contribution < -0.4 is 10.6 Å². The van der Waals surface area contributed by atoms with Crippen molar-refractivity contribution in [1.82, 2.24) is 25.4 Å². The molecule has 6 nitrogen and oxygen atoms in total. The molecule has 23 heavy (non-hydrogen) atoms. The Kier molecular flexibility index (Phi) is 8.53. The van der Waals surface area contributed by atoms with Gasteiger partial charge in [-0.3, -0.25) is 4.68 Å². The second-order valence-electron chi connectivity index (χ2n) is 5.06. The number of guanidine groups is 1. The van der Waals surface area contributed by atoms with Crippen LogP contribution in [0.15, 0.2) is 17.3 Å². The molecule has 0 amide bonds. The molecular formula is C15H25IN6S. The van der Waals surface area contributed by atoms with Crippen molar-refractivity contribution in [2.24, 2.45) is 12.0 Å². The first-order valence-corrected chi connectivity index (χ1v) is 8.33. The Morgan fingerprint density at radius 1 is 1.35 bits per heavy atom. The van der Waals surface area contributed by atoms with Crippen LogP contribution in [0.3, 0.4) is 0 Å². The fraction of sp³-hybridized carbons (Fsp3) is 0.533. The highest BCUT2D eigenvalue weighted by atomic mass is 127. The summed E-state index contributed by atoms with van der Waals surface area (Å²) < 4.78 is 1.84. The lowest BCUT2D eigenvalue weighted by Gasteiger charge is -2.11. The molecule has 0 bridgehead atoms. The van der Waals surface area contributed by atoms with Crippen molar-refractivity contribution in [3.05, 3.63) is 33.5 Å². The summed E-state index contributed by atoms with van der Waals surface area (Å²) in [6.45, 7) is 8.49. The molecule has 0 aromatic carbocycles. The molecule has 0 spiro atoms. The van der Waals surface area contributed by atoms with Crippen LogP contribution in [-0.4, -0.2) is 33.8 Å². The Labute approximate surface area is 158 Å². The lowest BCUT2D eigenvalue weighted by atomic mass is 10.3. The molecule has 0 saturated heterocycles. The normalized spacial score (nSPS) is 11.2. The van der Waals surface area contributed by atoms with Gasteiger partial charge in [-0.15, -0.1) is 35.3 Å². The predicted octanol–water partition coefficient (Wildman–Crippen LogP) is 2.41. The average molecular weight is 448 g/mol. The summed E-state index contributed by atoms with van der Waals surface area (Å²) in [7, 11) is 1.93. The maximum absolute atomic E-state index is 4.60. The van der Waals surface area contributed by atoms with Gasteiger partial charge in [0.15, 0.2) is 5.96 Å². The molecule has 0 unspecified atom stereocenters. The van der Waals surface area contributed by atoms with Gasteiger partial charge in [0, 0.05) is 37.6 Å². The number of hydrogen-bond acceptors (Lipinski definition) is 4. The van der Waals surface area contributed by atoms with Crippen molar-refractivity contribution in [2.45, 2.75) is 33.7 Å². The van der Waals surface area contributed by atoms with Crippen molar-refractivity contribution in [2.75, 3.05) is 13.1 Å². The zero-order valence-corrected chi connectivity index (χ0v) is 17.2. The number of nitrogens with zero attached hydrogens (tertiary/aromatic N) is 4. The van der Waals surface area contributed by atoms with Crippen LogP contribution in [-0.2, 0) is 20.0 Å². The van der Waals surface area contributed by atoms with E-state index in [0.29, 0.717) is 6.54 Å². The molecule has 0 atom stereocenters. The van der Waals surface area contributed by atoms with E-state index in [4.69, 9.17) is 0 Å². The summed E-state index contributed by atoms with van der Waals surface area (Å²) in [6, 6.07) is 1.98. The van der Waals surface area contributed by atoms with Gasteiger partial charge in [-0.1, -0.05) is 0 Å². The van der Waals surface area contributed by atoms with Crippen molar-refractivity contribution in [1.29, 1.82) is 0 Å². The third-order valence-corrected chi connectivity index (χ3v) is 4.44. The van der Waals surface area contributed by atoms with E-state index >= 15 is 0 Å². The number of thiazole rings is 1. The number of halogens is 1. The molecule has 2 N–H and O–H groups in total. The minimum absolute atomic E-state index is 0. The van der Waals surface area contributed by atoms with Gasteiger partial charge in [0.1, 0.15) is 0 Å². The van der Waals surface area contributed by atoms with Crippen LogP contribution in [0.2, 0.25) is 0 Å². The van der Waals surface area contributed by atoms with Crippen molar-refractivity contribution >= 4 is 41.3 Å². The summed E-state index contributed by atoms with van der Waals surface area (Å²) in [5.41, 5.74) is 2.23. The molecule has 2 heterocycles. The Morgan fingerprint density at radius 3 is 2.70 bits per heavy atom. The first-order valence-electron chi connectivity index (χ1n) is 7.52. The van der Waals surface area contributed by atoms with Gasteiger partial charge >= 0.3 is 0 Å². The van der Waals surface area contributed by atoms with E-state index in [1.54, 1.807) is 17.5 Å². The van der Waals surface area contributed by atoms with E-state index in [2.05, 4.69) is 39.6 Å². The van der Waals surface area contributed by atoms with Crippen molar-refractivity contribution < 1.29 is 0 Å². The molecule has 2 aromatic rings. The lowest BCUT2D eigenvalue weighted by Crippen LogP contribution is -2.38. The zero-order valence-electron chi connectivity index (χ0n) is 14.1. The summed E-state index contributed by atoms with van der Waals surface area (Å²) in [5.74, 6) is 0.836. The zero-order chi connectivity index (χ0) is 15.9. The molecular weight excluding hydrogens is 423 g/mol. The maximum Gasteiger partial charge on any atom is 0.191 e. The molecule has 0 aliphatic rings. The maximum atomic E-state index is 4.60. The Hall–Kier alpha value is -1.16. The Bertz CT molecular complexity index is 634. The van der Waals surface area contributed by atoms with E-state index in [1.807, 2.05) is 24.7 Å². The van der Waals surface area contributed by atoms with Crippen LogP contribution in [0.4, 0.5) is 0 Å². The summed E-state index contributed by atoms with van der Waals surface area (Å²) in [6.07, 6.45) is 2.76. The van der Waals surface area contributed by atoms with Gasteiger partial charge in [0.2, 0.25) is 0 Å². The number of rotatable bonds is 6. The van der Waals surface area contributed by atoms with E-state index in [9.17, 15) is 0 Å². The Morgan fingerprint density at radius 2 is 2.13 bits per heavy atom. The minimum atomic E-state index is 0. The minimum Gasteiger partial charge on any atom is -0.357 e. The highest BCUT2D eigenvalue weighted by Gasteiger charge is 2.05. The highest BCUT2D eigenvalue weighted by molar-refractivity contribution is 14.0. The van der Waals surface area contributed by atoms with Crippen LogP contribution >= 0.6 is 35.3 Å². The summed E-state index contributed by atoms with van der Waals surface area (Å²) in [5, 5.41) is 11.9. The standard InChI is InChI=1S/C15H24N6S.HI/c1-5-16-15(18-10-13-6-9-19-21(13)4)17-8-7-14-11(2)20-12(3)22-14;/h6,9H,5,7-8,10H2,1-4H3,(H2,16,17,18);1H. The molecule has 0 aliphatic carbocycles. The molecule has 0 saturated carbocycles. The van der Waals surface area contributed by atoms with E-state index in [0.717, 1.165) is 41.9 Å². The first kappa shape index (κ1) is 19.9. The number of aromatic nitrogens is 3. The molecule has 0 fully saturated rings. The number of aliphatic imine (C=N–C) groups is 1. The van der Waals surface area contributed by atoms with Crippen LogP contribution in [0.1, 0.15) is 28.2 Å². The van der Waals surface area contributed by atoms with E-state index < -0.39 is 0 Å². The number of aryl methyl sites for hydroxylation is 3. The molecule has 128 valence electrons. The first-order chi connectivity index (χ1) is 10.6. The third-order valence-electron chi connectivity index (χ3n) is 3.31. The molecule has 0 aliphatic heterocycles. The fourth-order valence-electron chi connectivity index (χ4n) is 2.16. The molecule has 2 rings (SSSR count). The van der Waals surface area contributed by atoms with Gasteiger partial charge in [-0.2, -0.15) is 5.10 Å². The largest absolute Gasteiger partial charge is 0.357 e. The van der Waals surface area contributed by atoms with Gasteiger partial charge < -0.3 is 10.6 Å². The van der Waals surface area contributed by atoms with Gasteiger partial charge in [-0.25, -0.2) is 9.98 Å². The van der Waals surface area contributed by atoms with Crippen LogP contribution in [0.25, 0.3) is 0 Å². The van der Waals surface area contributed by atoms with Crippen molar-refractivity contribution in [3.8, 4) is 0 Å². The van der Waals surface area contributed by atoms with E-state index in [-0.39, 0.29) is 24.0 Å². The SMILES string of the molecule is CCNC(=NCc1ccnn1C)NCCc1sc(C)nc1C.I. The quantitative estimate of drug-likeness (QED) is 0.405. The van der Waals surface area contributed by atoms with E-state index in [1.165, 1.54) is 4.88 Å². The van der Waals surface area contributed by atoms with Gasteiger partial charge in [0.05, 0.1) is 22.9 Å². The predicted molar refractivity (Wildman–Crippen MR) is 107 cm³/mol. The highest BCUT2D eigenvalue weighted by Crippen LogP contribution is 2.16. The fourth-order valence-corrected chi connectivity index (χ4v) is 3.09. The summed E-state index contributed by atoms with van der Waals surface area (Å²) in [4.78, 5) is 10.4. The number of nitrogens with one attached hydrogen (secondary N) is 2. The van der Waals surface area contributed by atoms with Gasteiger partial charge in [0.25, 0.3) is 0 Å². The number of hydrogen-bond donors (Lipinski definition) is 2. The van der Waals surface area contributed by atoms with Crippen LogP contribution in [0.5, 0.6) is 0 Å². The smallest absolute Gasteiger partial charge is 0.191 e. The second-order valence-corrected chi connectivity index (χ2v) is 6.35. The monoisotopic (exact) mass is 448 g/mol. The molecule has 2 aromatic heterocycles. The Balaban J connectivity index is 0.00000264. The van der Waals surface area contributed by atoms with Gasteiger partial charge in [-0.05, 0) is 26.8 Å². The summed E-state index contributed by atoms with van der Waals surface area (Å²) >= 11 is 1.77. The molecule has 8 heteroatoms. The second kappa shape index (κ2) is 9.86.